The molecule has 2 fully saturated rings. The van der Waals surface area contributed by atoms with Gasteiger partial charge >= 0.3 is 6.18 Å². The summed E-state index contributed by atoms with van der Waals surface area (Å²) in [5.41, 5.74) is 0. The summed E-state index contributed by atoms with van der Waals surface area (Å²) in [4.78, 5) is 0. The molecular formula is C15H26F3NO2. The van der Waals surface area contributed by atoms with Crippen molar-refractivity contribution in [3.63, 3.8) is 0 Å². The molecule has 1 N–H and O–H groups in total. The van der Waals surface area contributed by atoms with Crippen LogP contribution in [0.15, 0.2) is 0 Å². The smallest absolute Gasteiger partial charge is 0.379 e. The first-order valence-electron chi connectivity index (χ1n) is 8.05. The number of hydrogen-bond acceptors (Lipinski definition) is 3. The first kappa shape index (κ1) is 17.0. The number of rotatable bonds is 7. The van der Waals surface area contributed by atoms with Crippen LogP contribution in [-0.4, -0.2) is 44.7 Å². The number of nitrogens with one attached hydrogen (secondary N) is 1. The molecule has 3 nitrogen and oxygen atoms in total. The van der Waals surface area contributed by atoms with E-state index in [4.69, 9.17) is 9.47 Å². The second-order valence-corrected chi connectivity index (χ2v) is 6.11. The molecular weight excluding hydrogens is 283 g/mol. The van der Waals surface area contributed by atoms with Crippen LogP contribution in [0.5, 0.6) is 0 Å². The minimum absolute atomic E-state index is 0.238. The van der Waals surface area contributed by atoms with Crippen molar-refractivity contribution in [2.24, 2.45) is 5.92 Å². The first-order chi connectivity index (χ1) is 10.1. The summed E-state index contributed by atoms with van der Waals surface area (Å²) in [7, 11) is 0. The molecule has 1 saturated carbocycles. The number of halogens is 3. The maximum atomic E-state index is 12.5. The molecule has 1 unspecified atom stereocenters. The SMILES string of the molecule is FC(F)(F)C1CCC(NCCCOCC2CCCO2)CC1. The topological polar surface area (TPSA) is 30.5 Å². The molecule has 6 heteroatoms. The maximum Gasteiger partial charge on any atom is 0.391 e. The van der Waals surface area contributed by atoms with E-state index in [0.29, 0.717) is 26.1 Å². The fourth-order valence-corrected chi connectivity index (χ4v) is 3.10. The van der Waals surface area contributed by atoms with Crippen molar-refractivity contribution in [1.82, 2.24) is 5.32 Å². The highest BCUT2D eigenvalue weighted by Crippen LogP contribution is 2.37. The van der Waals surface area contributed by atoms with E-state index in [1.807, 2.05) is 0 Å². The summed E-state index contributed by atoms with van der Waals surface area (Å²) < 4.78 is 48.6. The number of ether oxygens (including phenoxy) is 2. The van der Waals surface area contributed by atoms with E-state index in [2.05, 4.69) is 5.32 Å². The molecule has 0 radical (unpaired) electrons. The lowest BCUT2D eigenvalue weighted by atomic mass is 9.85. The van der Waals surface area contributed by atoms with Gasteiger partial charge in [-0.05, 0) is 51.5 Å². The molecule has 21 heavy (non-hydrogen) atoms. The largest absolute Gasteiger partial charge is 0.391 e. The lowest BCUT2D eigenvalue weighted by Crippen LogP contribution is -2.37. The molecule has 2 aliphatic rings. The summed E-state index contributed by atoms with van der Waals surface area (Å²) in [5.74, 6) is -1.09. The third-order valence-corrected chi connectivity index (χ3v) is 4.42. The van der Waals surface area contributed by atoms with Gasteiger partial charge in [-0.2, -0.15) is 13.2 Å². The lowest BCUT2D eigenvalue weighted by molar-refractivity contribution is -0.182. The Balaban J connectivity index is 1.44. The third-order valence-electron chi connectivity index (χ3n) is 4.42. The third kappa shape index (κ3) is 6.12. The Morgan fingerprint density at radius 3 is 2.48 bits per heavy atom. The summed E-state index contributed by atoms with van der Waals surface area (Å²) in [6.07, 6.45) is 1.12. The second-order valence-electron chi connectivity index (χ2n) is 6.11. The zero-order valence-corrected chi connectivity index (χ0v) is 12.5. The Hall–Kier alpha value is -0.330. The van der Waals surface area contributed by atoms with Gasteiger partial charge in [-0.15, -0.1) is 0 Å². The average Bonchev–Trinajstić information content (AvgIpc) is 2.95. The van der Waals surface area contributed by atoms with Gasteiger partial charge in [-0.25, -0.2) is 0 Å². The van der Waals surface area contributed by atoms with Crippen LogP contribution >= 0.6 is 0 Å². The fraction of sp³-hybridized carbons (Fsp3) is 1.00. The van der Waals surface area contributed by atoms with Crippen LogP contribution in [0.2, 0.25) is 0 Å². The summed E-state index contributed by atoms with van der Waals surface area (Å²) in [6.45, 7) is 3.00. The van der Waals surface area contributed by atoms with Crippen LogP contribution in [0.3, 0.4) is 0 Å². The molecule has 1 aliphatic heterocycles. The highest BCUT2D eigenvalue weighted by atomic mass is 19.4. The van der Waals surface area contributed by atoms with Crippen molar-refractivity contribution in [2.45, 2.75) is 63.3 Å². The van der Waals surface area contributed by atoms with Crippen LogP contribution in [0, 0.1) is 5.92 Å². The van der Waals surface area contributed by atoms with Crippen LogP contribution in [-0.2, 0) is 9.47 Å². The summed E-state index contributed by atoms with van der Waals surface area (Å²) in [5, 5.41) is 3.34. The minimum Gasteiger partial charge on any atom is -0.379 e. The van der Waals surface area contributed by atoms with Crippen LogP contribution < -0.4 is 5.32 Å². The lowest BCUT2D eigenvalue weighted by Gasteiger charge is -2.30. The Morgan fingerprint density at radius 2 is 1.86 bits per heavy atom. The average molecular weight is 309 g/mol. The van der Waals surface area contributed by atoms with Gasteiger partial charge in [0.2, 0.25) is 0 Å². The number of alkyl halides is 3. The van der Waals surface area contributed by atoms with Gasteiger partial charge in [-0.3, -0.25) is 0 Å². The van der Waals surface area contributed by atoms with Crippen molar-refractivity contribution in [3.8, 4) is 0 Å². The zero-order valence-electron chi connectivity index (χ0n) is 12.5. The molecule has 1 saturated heterocycles. The summed E-state index contributed by atoms with van der Waals surface area (Å²) >= 11 is 0. The normalized spacial score (nSPS) is 30.7. The number of hydrogen-bond donors (Lipinski definition) is 1. The fourth-order valence-electron chi connectivity index (χ4n) is 3.10. The molecule has 0 aromatic rings. The van der Waals surface area contributed by atoms with Crippen LogP contribution in [0.1, 0.15) is 44.9 Å². The zero-order chi connectivity index (χ0) is 15.1. The quantitative estimate of drug-likeness (QED) is 0.732. The van der Waals surface area contributed by atoms with E-state index < -0.39 is 12.1 Å². The Kier molecular flexibility index (Phi) is 6.76. The standard InChI is InChI=1S/C15H26F3NO2/c16-15(17,18)12-4-6-13(7-5-12)19-8-2-9-20-11-14-3-1-10-21-14/h12-14,19H,1-11H2. The van der Waals surface area contributed by atoms with Gasteiger partial charge in [0.25, 0.3) is 0 Å². The predicted octanol–water partition coefficient (Wildman–Crippen LogP) is 3.28. The molecule has 0 aromatic carbocycles. The Labute approximate surface area is 124 Å². The van der Waals surface area contributed by atoms with Gasteiger partial charge in [-0.1, -0.05) is 0 Å². The van der Waals surface area contributed by atoms with Crippen LogP contribution in [0.4, 0.5) is 13.2 Å². The molecule has 1 aliphatic carbocycles. The molecule has 0 amide bonds. The van der Waals surface area contributed by atoms with E-state index in [0.717, 1.165) is 32.4 Å². The molecule has 1 heterocycles. The monoisotopic (exact) mass is 309 g/mol. The van der Waals surface area contributed by atoms with Gasteiger partial charge in [0, 0.05) is 19.3 Å². The van der Waals surface area contributed by atoms with Gasteiger partial charge in [0.05, 0.1) is 18.6 Å². The van der Waals surface area contributed by atoms with Gasteiger partial charge in [0.15, 0.2) is 0 Å². The van der Waals surface area contributed by atoms with E-state index in [1.54, 1.807) is 0 Å². The van der Waals surface area contributed by atoms with Crippen molar-refractivity contribution in [3.05, 3.63) is 0 Å². The van der Waals surface area contributed by atoms with E-state index in [9.17, 15) is 13.2 Å². The molecule has 1 atom stereocenters. The van der Waals surface area contributed by atoms with Crippen molar-refractivity contribution in [1.29, 1.82) is 0 Å². The van der Waals surface area contributed by atoms with E-state index in [1.165, 1.54) is 0 Å². The van der Waals surface area contributed by atoms with Crippen molar-refractivity contribution in [2.75, 3.05) is 26.4 Å². The van der Waals surface area contributed by atoms with Crippen molar-refractivity contribution >= 4 is 0 Å². The summed E-state index contributed by atoms with van der Waals surface area (Å²) in [6, 6.07) is 0.238. The highest BCUT2D eigenvalue weighted by molar-refractivity contribution is 4.80. The predicted molar refractivity (Wildman–Crippen MR) is 74.2 cm³/mol. The van der Waals surface area contributed by atoms with Gasteiger partial charge in [0.1, 0.15) is 0 Å². The Morgan fingerprint density at radius 1 is 1.10 bits per heavy atom. The molecule has 124 valence electrons. The van der Waals surface area contributed by atoms with Gasteiger partial charge < -0.3 is 14.8 Å². The van der Waals surface area contributed by atoms with E-state index in [-0.39, 0.29) is 25.0 Å². The molecule has 0 aromatic heterocycles. The molecule has 0 spiro atoms. The first-order valence-corrected chi connectivity index (χ1v) is 8.05. The molecule has 0 bridgehead atoms. The second kappa shape index (κ2) is 8.34. The van der Waals surface area contributed by atoms with Crippen LogP contribution in [0.25, 0.3) is 0 Å². The van der Waals surface area contributed by atoms with E-state index >= 15 is 0 Å². The highest BCUT2D eigenvalue weighted by Gasteiger charge is 2.41. The van der Waals surface area contributed by atoms with Crippen molar-refractivity contribution < 1.29 is 22.6 Å². The maximum absolute atomic E-state index is 12.5. The Bertz CT molecular complexity index is 285. The minimum atomic E-state index is -4.01. The molecule has 2 rings (SSSR count).